The number of benzene rings is 1. The normalized spacial score (nSPS) is 10.5. The first-order chi connectivity index (χ1) is 8.70. The third kappa shape index (κ3) is 5.99. The standard InChI is InChI=1S/C15H18O3/c1-13(16)18-12-8-3-2-7-11-15(17)14-9-5-4-6-10-14/h4-7,9-11H,2-3,8,12H2,1H3/b11-7-. The van der Waals surface area contributed by atoms with Crippen molar-refractivity contribution in [2.75, 3.05) is 6.61 Å². The summed E-state index contributed by atoms with van der Waals surface area (Å²) in [6.45, 7) is 1.86. The lowest BCUT2D eigenvalue weighted by molar-refractivity contribution is -0.141. The molecule has 0 heterocycles. The van der Waals surface area contributed by atoms with Gasteiger partial charge >= 0.3 is 5.97 Å². The second-order valence-corrected chi connectivity index (χ2v) is 3.97. The van der Waals surface area contributed by atoms with Crippen LogP contribution in [0.25, 0.3) is 0 Å². The van der Waals surface area contributed by atoms with Crippen LogP contribution in [0.1, 0.15) is 36.5 Å². The number of ketones is 1. The number of rotatable bonds is 7. The van der Waals surface area contributed by atoms with Crippen LogP contribution in [0.3, 0.4) is 0 Å². The predicted molar refractivity (Wildman–Crippen MR) is 70.4 cm³/mol. The lowest BCUT2D eigenvalue weighted by Gasteiger charge is -1.99. The third-order valence-corrected chi connectivity index (χ3v) is 2.40. The van der Waals surface area contributed by atoms with Crippen molar-refractivity contribution in [1.29, 1.82) is 0 Å². The summed E-state index contributed by atoms with van der Waals surface area (Å²) in [6.07, 6.45) is 6.01. The molecule has 0 aliphatic heterocycles. The van der Waals surface area contributed by atoms with Crippen molar-refractivity contribution in [2.24, 2.45) is 0 Å². The number of ether oxygens (including phenoxy) is 1. The van der Waals surface area contributed by atoms with Crippen molar-refractivity contribution in [3.63, 3.8) is 0 Å². The van der Waals surface area contributed by atoms with Gasteiger partial charge < -0.3 is 4.74 Å². The Balaban J connectivity index is 2.17. The van der Waals surface area contributed by atoms with E-state index in [0.717, 1.165) is 19.3 Å². The van der Waals surface area contributed by atoms with Crippen LogP contribution in [0.15, 0.2) is 42.5 Å². The van der Waals surface area contributed by atoms with Gasteiger partial charge in [-0.15, -0.1) is 0 Å². The Morgan fingerprint density at radius 1 is 1.17 bits per heavy atom. The maximum absolute atomic E-state index is 11.7. The van der Waals surface area contributed by atoms with E-state index in [2.05, 4.69) is 0 Å². The second-order valence-electron chi connectivity index (χ2n) is 3.97. The first-order valence-electron chi connectivity index (χ1n) is 6.09. The van der Waals surface area contributed by atoms with Crippen molar-refractivity contribution >= 4 is 11.8 Å². The molecule has 0 atom stereocenters. The molecule has 18 heavy (non-hydrogen) atoms. The smallest absolute Gasteiger partial charge is 0.302 e. The highest BCUT2D eigenvalue weighted by molar-refractivity contribution is 6.04. The predicted octanol–water partition coefficient (Wildman–Crippen LogP) is 3.16. The van der Waals surface area contributed by atoms with Crippen LogP contribution < -0.4 is 0 Å². The highest BCUT2D eigenvalue weighted by Gasteiger charge is 1.98. The van der Waals surface area contributed by atoms with Crippen LogP contribution in [0, 0.1) is 0 Å². The number of carbonyl (C=O) groups excluding carboxylic acids is 2. The summed E-state index contributed by atoms with van der Waals surface area (Å²) in [7, 11) is 0. The summed E-state index contributed by atoms with van der Waals surface area (Å²) in [6, 6.07) is 9.18. The number of carbonyl (C=O) groups is 2. The minimum Gasteiger partial charge on any atom is -0.466 e. The fourth-order valence-electron chi connectivity index (χ4n) is 1.47. The SMILES string of the molecule is CC(=O)OCCCC/C=C\C(=O)c1ccccc1. The maximum atomic E-state index is 11.7. The Morgan fingerprint density at radius 3 is 2.56 bits per heavy atom. The molecule has 1 aromatic rings. The van der Waals surface area contributed by atoms with E-state index in [1.165, 1.54) is 6.92 Å². The van der Waals surface area contributed by atoms with E-state index in [9.17, 15) is 9.59 Å². The molecule has 0 saturated heterocycles. The molecule has 0 radical (unpaired) electrons. The van der Waals surface area contributed by atoms with Crippen molar-refractivity contribution in [1.82, 2.24) is 0 Å². The van der Waals surface area contributed by atoms with Crippen LogP contribution in [0.2, 0.25) is 0 Å². The fraction of sp³-hybridized carbons (Fsp3) is 0.333. The van der Waals surface area contributed by atoms with Gasteiger partial charge in [0.15, 0.2) is 5.78 Å². The number of unbranched alkanes of at least 4 members (excludes halogenated alkanes) is 2. The monoisotopic (exact) mass is 246 g/mol. The van der Waals surface area contributed by atoms with E-state index in [0.29, 0.717) is 12.2 Å². The number of allylic oxidation sites excluding steroid dienone is 2. The Bertz CT molecular complexity index is 407. The summed E-state index contributed by atoms with van der Waals surface area (Å²) in [5.74, 6) is -0.222. The van der Waals surface area contributed by atoms with E-state index in [1.54, 1.807) is 18.2 Å². The van der Waals surface area contributed by atoms with E-state index in [-0.39, 0.29) is 11.8 Å². The Labute approximate surface area is 107 Å². The van der Waals surface area contributed by atoms with Gasteiger partial charge in [0.25, 0.3) is 0 Å². The lowest BCUT2D eigenvalue weighted by Crippen LogP contribution is -1.99. The molecule has 3 heteroatoms. The molecule has 0 unspecified atom stereocenters. The molecular weight excluding hydrogens is 228 g/mol. The van der Waals surface area contributed by atoms with Gasteiger partial charge in [-0.2, -0.15) is 0 Å². The van der Waals surface area contributed by atoms with Crippen LogP contribution in [-0.2, 0) is 9.53 Å². The van der Waals surface area contributed by atoms with Gasteiger partial charge in [0, 0.05) is 12.5 Å². The van der Waals surface area contributed by atoms with E-state index >= 15 is 0 Å². The first-order valence-corrected chi connectivity index (χ1v) is 6.09. The second kappa shape index (κ2) is 8.23. The molecule has 0 aliphatic rings. The van der Waals surface area contributed by atoms with Gasteiger partial charge in [0.1, 0.15) is 0 Å². The van der Waals surface area contributed by atoms with Crippen LogP contribution in [0.4, 0.5) is 0 Å². The lowest BCUT2D eigenvalue weighted by atomic mass is 10.1. The molecule has 0 bridgehead atoms. The van der Waals surface area contributed by atoms with Gasteiger partial charge in [0.05, 0.1) is 6.61 Å². The van der Waals surface area contributed by atoms with Crippen LogP contribution in [-0.4, -0.2) is 18.4 Å². The molecule has 0 aromatic heterocycles. The van der Waals surface area contributed by atoms with E-state index < -0.39 is 0 Å². The molecule has 0 spiro atoms. The minimum atomic E-state index is -0.246. The highest BCUT2D eigenvalue weighted by atomic mass is 16.5. The van der Waals surface area contributed by atoms with Gasteiger partial charge in [0.2, 0.25) is 0 Å². The molecule has 0 fully saturated rings. The van der Waals surface area contributed by atoms with E-state index in [1.807, 2.05) is 24.3 Å². The molecule has 1 aromatic carbocycles. The first kappa shape index (κ1) is 14.2. The molecule has 0 N–H and O–H groups in total. The Morgan fingerprint density at radius 2 is 1.89 bits per heavy atom. The largest absolute Gasteiger partial charge is 0.466 e. The van der Waals surface area contributed by atoms with Crippen LogP contribution in [0.5, 0.6) is 0 Å². The topological polar surface area (TPSA) is 43.4 Å². The summed E-state index contributed by atoms with van der Waals surface area (Å²) in [4.78, 5) is 22.2. The zero-order valence-corrected chi connectivity index (χ0v) is 10.6. The Kier molecular flexibility index (Phi) is 6.47. The van der Waals surface area contributed by atoms with E-state index in [4.69, 9.17) is 4.74 Å². The van der Waals surface area contributed by atoms with Gasteiger partial charge in [-0.05, 0) is 25.3 Å². The van der Waals surface area contributed by atoms with Crippen molar-refractivity contribution in [3.05, 3.63) is 48.0 Å². The van der Waals surface area contributed by atoms with Gasteiger partial charge in [-0.1, -0.05) is 36.4 Å². The third-order valence-electron chi connectivity index (χ3n) is 2.40. The van der Waals surface area contributed by atoms with Crippen LogP contribution >= 0.6 is 0 Å². The van der Waals surface area contributed by atoms with Gasteiger partial charge in [-0.25, -0.2) is 0 Å². The average Bonchev–Trinajstić information content (AvgIpc) is 2.38. The molecule has 1 rings (SSSR count). The summed E-state index contributed by atoms with van der Waals surface area (Å²) in [5, 5.41) is 0. The molecule has 3 nitrogen and oxygen atoms in total. The van der Waals surface area contributed by atoms with Crippen molar-refractivity contribution in [2.45, 2.75) is 26.2 Å². The molecule has 0 saturated carbocycles. The zero-order chi connectivity index (χ0) is 13.2. The maximum Gasteiger partial charge on any atom is 0.302 e. The summed E-state index contributed by atoms with van der Waals surface area (Å²) >= 11 is 0. The Hall–Kier alpha value is -1.90. The van der Waals surface area contributed by atoms with Gasteiger partial charge in [-0.3, -0.25) is 9.59 Å². The summed E-state index contributed by atoms with van der Waals surface area (Å²) in [5.41, 5.74) is 0.702. The fourth-order valence-corrected chi connectivity index (χ4v) is 1.47. The molecular formula is C15H18O3. The average molecular weight is 246 g/mol. The minimum absolute atomic E-state index is 0.0237. The zero-order valence-electron chi connectivity index (χ0n) is 10.6. The highest BCUT2D eigenvalue weighted by Crippen LogP contribution is 2.03. The number of esters is 1. The quantitative estimate of drug-likeness (QED) is 0.321. The molecule has 0 amide bonds. The number of hydrogen-bond acceptors (Lipinski definition) is 3. The molecule has 0 aliphatic carbocycles. The summed E-state index contributed by atoms with van der Waals surface area (Å²) < 4.78 is 4.81. The number of hydrogen-bond donors (Lipinski definition) is 0. The molecule has 96 valence electrons. The van der Waals surface area contributed by atoms with Crippen molar-refractivity contribution < 1.29 is 14.3 Å². The van der Waals surface area contributed by atoms with Crippen molar-refractivity contribution in [3.8, 4) is 0 Å².